The van der Waals surface area contributed by atoms with E-state index in [2.05, 4.69) is 22.5 Å². The molecular weight excluding hydrogens is 266 g/mol. The lowest BCUT2D eigenvalue weighted by Crippen LogP contribution is -2.48. The number of hydrogen-bond acceptors (Lipinski definition) is 3. The third-order valence-corrected chi connectivity index (χ3v) is 5.03. The number of rotatable bonds is 4. The molecule has 2 aliphatic rings. The van der Waals surface area contributed by atoms with E-state index in [-0.39, 0.29) is 17.7 Å². The van der Waals surface area contributed by atoms with E-state index in [1.54, 1.807) is 7.05 Å². The Morgan fingerprint density at radius 3 is 2.38 bits per heavy atom. The average molecular weight is 295 g/mol. The van der Waals surface area contributed by atoms with Crippen molar-refractivity contribution in [1.29, 1.82) is 0 Å². The topological polar surface area (TPSA) is 61.4 Å². The first-order valence-electron chi connectivity index (χ1n) is 8.33. The smallest absolute Gasteiger partial charge is 0.234 e. The highest BCUT2D eigenvalue weighted by molar-refractivity contribution is 5.79. The van der Waals surface area contributed by atoms with Gasteiger partial charge in [-0.15, -0.1) is 0 Å². The van der Waals surface area contributed by atoms with Crippen molar-refractivity contribution < 1.29 is 9.59 Å². The summed E-state index contributed by atoms with van der Waals surface area (Å²) >= 11 is 0. The predicted octanol–water partition coefficient (Wildman–Crippen LogP) is 1.14. The Morgan fingerprint density at radius 2 is 1.76 bits per heavy atom. The molecule has 0 aromatic heterocycles. The van der Waals surface area contributed by atoms with Gasteiger partial charge in [-0.25, -0.2) is 0 Å². The summed E-state index contributed by atoms with van der Waals surface area (Å²) < 4.78 is 0. The highest BCUT2D eigenvalue weighted by Crippen LogP contribution is 2.23. The fourth-order valence-electron chi connectivity index (χ4n) is 3.54. The van der Waals surface area contributed by atoms with Crippen molar-refractivity contribution in [3.63, 3.8) is 0 Å². The van der Waals surface area contributed by atoms with Crippen molar-refractivity contribution in [1.82, 2.24) is 15.5 Å². The van der Waals surface area contributed by atoms with Crippen LogP contribution in [0.5, 0.6) is 0 Å². The number of likely N-dealkylation sites (tertiary alicyclic amines) is 1. The Bertz CT molecular complexity index is 365. The maximum Gasteiger partial charge on any atom is 0.234 e. The summed E-state index contributed by atoms with van der Waals surface area (Å²) in [5.74, 6) is 0.997. The van der Waals surface area contributed by atoms with Gasteiger partial charge in [0.25, 0.3) is 0 Å². The number of carbonyl (C=O) groups excluding carboxylic acids is 2. The van der Waals surface area contributed by atoms with Crippen LogP contribution in [0.2, 0.25) is 0 Å². The molecule has 21 heavy (non-hydrogen) atoms. The van der Waals surface area contributed by atoms with Crippen molar-refractivity contribution >= 4 is 11.8 Å². The summed E-state index contributed by atoms with van der Waals surface area (Å²) in [5, 5.41) is 5.91. The van der Waals surface area contributed by atoms with Crippen LogP contribution in [0.15, 0.2) is 0 Å². The molecule has 2 atom stereocenters. The zero-order valence-electron chi connectivity index (χ0n) is 13.4. The Morgan fingerprint density at radius 1 is 1.10 bits per heavy atom. The first-order chi connectivity index (χ1) is 10.1. The van der Waals surface area contributed by atoms with Gasteiger partial charge >= 0.3 is 0 Å². The average Bonchev–Trinajstić information content (AvgIpc) is 2.49. The van der Waals surface area contributed by atoms with Crippen LogP contribution >= 0.6 is 0 Å². The highest BCUT2D eigenvalue weighted by Gasteiger charge is 2.27. The molecule has 1 aliphatic carbocycles. The van der Waals surface area contributed by atoms with Gasteiger partial charge in [0.15, 0.2) is 0 Å². The molecule has 0 bridgehead atoms. The molecule has 1 heterocycles. The second kappa shape index (κ2) is 7.78. The molecule has 2 fully saturated rings. The minimum atomic E-state index is 0.118. The molecule has 2 unspecified atom stereocenters. The number of piperidine rings is 1. The predicted molar refractivity (Wildman–Crippen MR) is 82.8 cm³/mol. The van der Waals surface area contributed by atoms with Gasteiger partial charge in [-0.1, -0.05) is 19.8 Å². The van der Waals surface area contributed by atoms with E-state index in [4.69, 9.17) is 0 Å². The molecule has 0 radical (unpaired) electrons. The van der Waals surface area contributed by atoms with Crippen LogP contribution in [0.4, 0.5) is 0 Å². The van der Waals surface area contributed by atoms with Crippen molar-refractivity contribution in [2.24, 2.45) is 11.8 Å². The zero-order chi connectivity index (χ0) is 15.2. The lowest BCUT2D eigenvalue weighted by atomic mass is 9.86. The second-order valence-electron chi connectivity index (χ2n) is 6.60. The summed E-state index contributed by atoms with van der Waals surface area (Å²) in [5.41, 5.74) is 0. The van der Waals surface area contributed by atoms with Crippen LogP contribution in [0.25, 0.3) is 0 Å². The molecule has 2 rings (SSSR count). The Balaban J connectivity index is 1.70. The quantitative estimate of drug-likeness (QED) is 0.817. The lowest BCUT2D eigenvalue weighted by Gasteiger charge is -2.33. The van der Waals surface area contributed by atoms with Crippen molar-refractivity contribution in [2.75, 3.05) is 26.7 Å². The van der Waals surface area contributed by atoms with Gasteiger partial charge in [-0.05, 0) is 44.7 Å². The van der Waals surface area contributed by atoms with Crippen LogP contribution in [0.3, 0.4) is 0 Å². The monoisotopic (exact) mass is 295 g/mol. The van der Waals surface area contributed by atoms with Gasteiger partial charge in [-0.2, -0.15) is 0 Å². The molecule has 0 aromatic carbocycles. The van der Waals surface area contributed by atoms with E-state index >= 15 is 0 Å². The number of carbonyl (C=O) groups is 2. The summed E-state index contributed by atoms with van der Waals surface area (Å²) in [6, 6.07) is 0.356. The van der Waals surface area contributed by atoms with E-state index in [0.29, 0.717) is 18.5 Å². The minimum absolute atomic E-state index is 0.118. The molecule has 2 amide bonds. The van der Waals surface area contributed by atoms with E-state index in [0.717, 1.165) is 32.4 Å². The Hall–Kier alpha value is -1.10. The normalized spacial score (nSPS) is 28.1. The van der Waals surface area contributed by atoms with E-state index in [9.17, 15) is 9.59 Å². The zero-order valence-corrected chi connectivity index (χ0v) is 13.4. The fourth-order valence-corrected chi connectivity index (χ4v) is 3.54. The minimum Gasteiger partial charge on any atom is -0.359 e. The van der Waals surface area contributed by atoms with Gasteiger partial charge in [-0.3, -0.25) is 14.5 Å². The summed E-state index contributed by atoms with van der Waals surface area (Å²) in [7, 11) is 1.69. The van der Waals surface area contributed by atoms with Crippen molar-refractivity contribution in [2.45, 2.75) is 51.5 Å². The number of nitrogens with zero attached hydrogens (tertiary/aromatic N) is 1. The van der Waals surface area contributed by atoms with E-state index in [1.807, 2.05) is 0 Å². The van der Waals surface area contributed by atoms with Crippen LogP contribution < -0.4 is 10.6 Å². The highest BCUT2D eigenvalue weighted by atomic mass is 16.2. The Labute approximate surface area is 127 Å². The fraction of sp³-hybridized carbons (Fsp3) is 0.875. The van der Waals surface area contributed by atoms with E-state index in [1.165, 1.54) is 19.3 Å². The van der Waals surface area contributed by atoms with Gasteiger partial charge < -0.3 is 10.6 Å². The molecule has 1 saturated carbocycles. The number of amides is 2. The van der Waals surface area contributed by atoms with Gasteiger partial charge in [0.1, 0.15) is 0 Å². The largest absolute Gasteiger partial charge is 0.359 e. The van der Waals surface area contributed by atoms with Gasteiger partial charge in [0.2, 0.25) is 11.8 Å². The maximum absolute atomic E-state index is 12.2. The molecule has 0 aromatic rings. The number of nitrogens with one attached hydrogen (secondary N) is 2. The standard InChI is InChI=1S/C16H29N3O2/c1-12-5-3-4-6-14(12)18-15(20)11-19-9-7-13(8-10-19)16(21)17-2/h12-14H,3-11H2,1-2H3,(H,17,21)(H,18,20). The molecule has 1 saturated heterocycles. The first-order valence-corrected chi connectivity index (χ1v) is 8.33. The molecule has 1 aliphatic heterocycles. The van der Waals surface area contributed by atoms with E-state index < -0.39 is 0 Å². The molecule has 5 heteroatoms. The molecule has 0 spiro atoms. The molecule has 2 N–H and O–H groups in total. The van der Waals surface area contributed by atoms with Gasteiger partial charge in [0, 0.05) is 19.0 Å². The summed E-state index contributed by atoms with van der Waals surface area (Å²) in [6.07, 6.45) is 6.57. The summed E-state index contributed by atoms with van der Waals surface area (Å²) in [4.78, 5) is 25.9. The van der Waals surface area contributed by atoms with Gasteiger partial charge in [0.05, 0.1) is 6.54 Å². The third-order valence-electron chi connectivity index (χ3n) is 5.03. The second-order valence-corrected chi connectivity index (χ2v) is 6.60. The lowest BCUT2D eigenvalue weighted by molar-refractivity contribution is -0.126. The van der Waals surface area contributed by atoms with Crippen LogP contribution in [-0.4, -0.2) is 49.4 Å². The molecule has 5 nitrogen and oxygen atoms in total. The van der Waals surface area contributed by atoms with Crippen LogP contribution in [0.1, 0.15) is 45.4 Å². The van der Waals surface area contributed by atoms with Crippen molar-refractivity contribution in [3.05, 3.63) is 0 Å². The molecular formula is C16H29N3O2. The summed E-state index contributed by atoms with van der Waals surface area (Å²) in [6.45, 7) is 4.39. The SMILES string of the molecule is CNC(=O)C1CCN(CC(=O)NC2CCCCC2C)CC1. The van der Waals surface area contributed by atoms with Crippen LogP contribution in [0, 0.1) is 11.8 Å². The first kappa shape index (κ1) is 16.3. The number of hydrogen-bond donors (Lipinski definition) is 2. The van der Waals surface area contributed by atoms with Crippen LogP contribution in [-0.2, 0) is 9.59 Å². The van der Waals surface area contributed by atoms with Crippen molar-refractivity contribution in [3.8, 4) is 0 Å². The maximum atomic E-state index is 12.2. The Kier molecular flexibility index (Phi) is 6.03. The molecule has 120 valence electrons. The third kappa shape index (κ3) is 4.70.